The van der Waals surface area contributed by atoms with Crippen LogP contribution in [0.1, 0.15) is 88.9 Å². The standard InChI is InChI=1S/C46H54N8O7/c1-24(2)39(52(3)45(58)59)43(56)54-35-18-31(35)20-37(54)41-48-23-33(50-41)28-11-7-26(8-12-28)25-5-9-27(10-6-25)32-22-47-40(49-32)36-19-30-17-34(30)53(36)42(55)38(51-44(57)60-4)29-13-16-61-46(21-29)14-15-46/h5-12,22-24,29-31,34-39H,13-21H2,1-4H3,(H,47,49)(H,48,50)(H,51,57)(H,58,59)/t29?,30-,31-,34-,35-,36+,37+,38?,39+/m1/s1. The molecule has 4 N–H and O–H groups in total. The minimum atomic E-state index is -1.11. The number of carbonyl (C=O) groups excluding carboxylic acids is 3. The van der Waals surface area contributed by atoms with Crippen LogP contribution in [0.2, 0.25) is 0 Å². The molecule has 0 bridgehead atoms. The molecule has 2 aromatic carbocycles. The maximum atomic E-state index is 14.4. The average Bonchev–Trinajstić information content (AvgIpc) is 4.15. The molecule has 15 nitrogen and oxygen atoms in total. The Morgan fingerprint density at radius 1 is 0.820 bits per heavy atom. The molecular weight excluding hydrogens is 777 g/mol. The van der Waals surface area contributed by atoms with Crippen LogP contribution < -0.4 is 5.32 Å². The number of ether oxygens (including phenoxy) is 2. The molecule has 320 valence electrons. The Balaban J connectivity index is 0.810. The number of fused-ring (bicyclic) bond motifs is 2. The van der Waals surface area contributed by atoms with Gasteiger partial charge in [0.05, 0.1) is 48.6 Å². The number of methoxy groups -OCH3 is 1. The summed E-state index contributed by atoms with van der Waals surface area (Å²) >= 11 is 0. The maximum absolute atomic E-state index is 14.4. The zero-order valence-electron chi connectivity index (χ0n) is 35.0. The number of likely N-dealkylation sites (tertiary alicyclic amines) is 2. The number of alkyl carbamates (subject to hydrolysis) is 1. The van der Waals surface area contributed by atoms with Gasteiger partial charge in [0.25, 0.3) is 0 Å². The molecule has 5 heterocycles. The lowest BCUT2D eigenvalue weighted by Gasteiger charge is -2.37. The second kappa shape index (κ2) is 15.0. The molecule has 4 aromatic rings. The summed E-state index contributed by atoms with van der Waals surface area (Å²) in [4.78, 5) is 74.2. The molecule has 15 heteroatoms. The van der Waals surface area contributed by atoms with Gasteiger partial charge in [-0.25, -0.2) is 19.6 Å². The monoisotopic (exact) mass is 830 g/mol. The molecule has 2 aromatic heterocycles. The Kier molecular flexibility index (Phi) is 9.72. The van der Waals surface area contributed by atoms with Crippen molar-refractivity contribution in [1.29, 1.82) is 0 Å². The number of carboxylic acid groups (broad SMARTS) is 1. The number of amides is 4. The predicted octanol–water partition coefficient (Wildman–Crippen LogP) is 6.78. The van der Waals surface area contributed by atoms with Crippen LogP contribution in [-0.4, -0.2) is 114 Å². The van der Waals surface area contributed by atoms with E-state index >= 15 is 0 Å². The molecule has 0 radical (unpaired) electrons. The van der Waals surface area contributed by atoms with E-state index in [0.29, 0.717) is 24.9 Å². The molecule has 3 aliphatic heterocycles. The number of H-pyrrole nitrogens is 2. The highest BCUT2D eigenvalue weighted by Gasteiger charge is 2.59. The molecule has 10 rings (SSSR count). The van der Waals surface area contributed by atoms with Crippen LogP contribution in [0, 0.1) is 23.7 Å². The number of benzene rings is 2. The molecule has 9 atom stereocenters. The minimum Gasteiger partial charge on any atom is -0.465 e. The molecule has 1 spiro atoms. The van der Waals surface area contributed by atoms with Crippen molar-refractivity contribution >= 4 is 24.0 Å². The summed E-state index contributed by atoms with van der Waals surface area (Å²) in [6.07, 6.45) is 8.99. The summed E-state index contributed by atoms with van der Waals surface area (Å²) in [5.74, 6) is 1.93. The first-order valence-electron chi connectivity index (χ1n) is 21.8. The van der Waals surface area contributed by atoms with Crippen LogP contribution in [0.4, 0.5) is 9.59 Å². The highest BCUT2D eigenvalue weighted by atomic mass is 16.5. The van der Waals surface area contributed by atoms with Crippen LogP contribution in [0.5, 0.6) is 0 Å². The first kappa shape index (κ1) is 39.4. The summed E-state index contributed by atoms with van der Waals surface area (Å²) in [5.41, 5.74) is 5.66. The molecule has 4 amide bonds. The number of piperidine rings is 2. The van der Waals surface area contributed by atoms with Crippen molar-refractivity contribution in [2.24, 2.45) is 23.7 Å². The van der Waals surface area contributed by atoms with Gasteiger partial charge in [-0.3, -0.25) is 14.5 Å². The number of carbonyl (C=O) groups is 4. The normalized spacial score (nSPS) is 27.6. The number of hydrogen-bond donors (Lipinski definition) is 4. The van der Waals surface area contributed by atoms with Gasteiger partial charge in [0, 0.05) is 25.7 Å². The predicted molar refractivity (Wildman–Crippen MR) is 224 cm³/mol. The van der Waals surface area contributed by atoms with Crippen LogP contribution in [0.25, 0.3) is 33.6 Å². The van der Waals surface area contributed by atoms with Crippen molar-refractivity contribution in [3.8, 4) is 33.6 Å². The van der Waals surface area contributed by atoms with Crippen LogP contribution >= 0.6 is 0 Å². The van der Waals surface area contributed by atoms with Gasteiger partial charge in [-0.1, -0.05) is 62.4 Å². The average molecular weight is 831 g/mol. The Bertz CT molecular complexity index is 2340. The Labute approximate surface area is 354 Å². The van der Waals surface area contributed by atoms with Crippen molar-refractivity contribution in [3.63, 3.8) is 0 Å². The number of rotatable bonds is 11. The number of aromatic nitrogens is 4. The third kappa shape index (κ3) is 7.23. The number of imidazole rings is 2. The molecule has 3 saturated heterocycles. The van der Waals surface area contributed by atoms with Gasteiger partial charge < -0.3 is 39.7 Å². The summed E-state index contributed by atoms with van der Waals surface area (Å²) in [6.45, 7) is 4.36. The van der Waals surface area contributed by atoms with Crippen LogP contribution in [0.15, 0.2) is 60.9 Å². The van der Waals surface area contributed by atoms with Gasteiger partial charge in [-0.15, -0.1) is 0 Å². The van der Waals surface area contributed by atoms with Crippen LogP contribution in [0.3, 0.4) is 0 Å². The smallest absolute Gasteiger partial charge is 0.407 e. The number of aromatic amines is 2. The van der Waals surface area contributed by atoms with Gasteiger partial charge in [0.15, 0.2) is 0 Å². The van der Waals surface area contributed by atoms with Gasteiger partial charge in [0.2, 0.25) is 11.8 Å². The van der Waals surface area contributed by atoms with E-state index in [9.17, 15) is 24.3 Å². The summed E-state index contributed by atoms with van der Waals surface area (Å²) in [7, 11) is 2.80. The number of likely N-dealkylation sites (N-methyl/N-ethyl adjacent to an activating group) is 1. The van der Waals surface area contributed by atoms with Crippen molar-refractivity contribution in [1.82, 2.24) is 40.0 Å². The highest BCUT2D eigenvalue weighted by Crippen LogP contribution is 2.55. The zero-order valence-corrected chi connectivity index (χ0v) is 35.0. The lowest BCUT2D eigenvalue weighted by Crippen LogP contribution is -2.54. The van der Waals surface area contributed by atoms with E-state index in [1.54, 1.807) is 0 Å². The molecule has 61 heavy (non-hydrogen) atoms. The molecule has 3 aliphatic carbocycles. The quantitative estimate of drug-likeness (QED) is 0.127. The van der Waals surface area contributed by atoms with E-state index in [1.807, 2.05) is 36.0 Å². The summed E-state index contributed by atoms with van der Waals surface area (Å²) in [5, 5.41) is 12.6. The van der Waals surface area contributed by atoms with Gasteiger partial charge in [-0.05, 0) is 97.3 Å². The fourth-order valence-corrected chi connectivity index (χ4v) is 10.8. The van der Waals surface area contributed by atoms with E-state index in [1.165, 1.54) is 14.2 Å². The lowest BCUT2D eigenvalue weighted by atomic mass is 9.86. The van der Waals surface area contributed by atoms with Crippen LogP contribution in [-0.2, 0) is 19.1 Å². The Morgan fingerprint density at radius 3 is 1.80 bits per heavy atom. The second-order valence-electron chi connectivity index (χ2n) is 18.6. The highest BCUT2D eigenvalue weighted by molar-refractivity contribution is 5.88. The topological polar surface area (TPSA) is 186 Å². The summed E-state index contributed by atoms with van der Waals surface area (Å²) < 4.78 is 11.0. The van der Waals surface area contributed by atoms with E-state index in [4.69, 9.17) is 19.4 Å². The first-order chi connectivity index (χ1) is 29.4. The molecule has 3 saturated carbocycles. The lowest BCUT2D eigenvalue weighted by molar-refractivity contribution is -0.140. The van der Waals surface area contributed by atoms with Crippen molar-refractivity contribution in [2.45, 2.75) is 107 Å². The Morgan fingerprint density at radius 2 is 1.33 bits per heavy atom. The minimum absolute atomic E-state index is 0.0156. The van der Waals surface area contributed by atoms with Crippen molar-refractivity contribution < 1.29 is 33.8 Å². The third-order valence-corrected chi connectivity index (χ3v) is 14.4. The molecule has 2 unspecified atom stereocenters. The van der Waals surface area contributed by atoms with E-state index in [2.05, 4.69) is 63.8 Å². The zero-order chi connectivity index (χ0) is 42.3. The number of hydrogen-bond acceptors (Lipinski definition) is 8. The SMILES string of the molecule is COC(=O)NC(C(=O)N1[C@@H]2C[C@@H]2C[C@H]1c1ncc(-c2ccc(-c3ccc(-c4cnc([C@@H]5C[C@H]6C[C@H]6N5C(=O)[C@H](C(C)C)N(C)C(=O)O)[nH]4)cc3)cc2)[nH]1)C1CCOC2(CC2)C1. The van der Waals surface area contributed by atoms with Crippen molar-refractivity contribution in [3.05, 3.63) is 72.6 Å². The third-order valence-electron chi connectivity index (χ3n) is 14.4. The molecule has 6 fully saturated rings. The first-order valence-corrected chi connectivity index (χ1v) is 21.8. The van der Waals surface area contributed by atoms with Gasteiger partial charge >= 0.3 is 12.2 Å². The summed E-state index contributed by atoms with van der Waals surface area (Å²) in [6, 6.07) is 15.0. The molecular formula is C46H54N8O7. The van der Waals surface area contributed by atoms with E-state index in [0.717, 1.165) is 95.1 Å². The van der Waals surface area contributed by atoms with Gasteiger partial charge in [-0.2, -0.15) is 0 Å². The fraction of sp³-hybridized carbons (Fsp3) is 0.522. The second-order valence-corrected chi connectivity index (χ2v) is 18.6. The van der Waals surface area contributed by atoms with E-state index in [-0.39, 0.29) is 53.4 Å². The number of nitrogens with zero attached hydrogens (tertiary/aromatic N) is 5. The Hall–Kier alpha value is -5.70. The van der Waals surface area contributed by atoms with Gasteiger partial charge in [0.1, 0.15) is 23.7 Å². The molecule has 6 aliphatic rings. The number of nitrogens with one attached hydrogen (secondary N) is 3. The van der Waals surface area contributed by atoms with E-state index < -0.39 is 24.3 Å². The largest absolute Gasteiger partial charge is 0.465 e. The fourth-order valence-electron chi connectivity index (χ4n) is 10.8. The maximum Gasteiger partial charge on any atom is 0.407 e. The van der Waals surface area contributed by atoms with Crippen molar-refractivity contribution in [2.75, 3.05) is 20.8 Å².